The smallest absolute Gasteiger partial charge is 0.136 e. The van der Waals surface area contributed by atoms with Gasteiger partial charge in [-0.25, -0.2) is 0 Å². The van der Waals surface area contributed by atoms with E-state index in [9.17, 15) is 4.79 Å². The zero-order valence-electron chi connectivity index (χ0n) is 11.9. The minimum absolute atomic E-state index is 0.204. The van der Waals surface area contributed by atoms with Crippen molar-refractivity contribution in [1.82, 2.24) is 0 Å². The summed E-state index contributed by atoms with van der Waals surface area (Å²) in [6, 6.07) is 8.12. The molecule has 0 aromatic heterocycles. The van der Waals surface area contributed by atoms with Crippen LogP contribution in [0.5, 0.6) is 5.75 Å². The van der Waals surface area contributed by atoms with Crippen LogP contribution in [-0.4, -0.2) is 18.9 Å². The number of ketones is 1. The van der Waals surface area contributed by atoms with Crippen LogP contribution in [0.2, 0.25) is 0 Å². The second kappa shape index (κ2) is 5.96. The maximum Gasteiger partial charge on any atom is 0.136 e. The van der Waals surface area contributed by atoms with Gasteiger partial charge in [0, 0.05) is 12.3 Å². The molecule has 1 aliphatic heterocycles. The number of carbonyl (C=O) groups excluding carboxylic acids is 1. The zero-order valence-corrected chi connectivity index (χ0v) is 11.9. The number of fused-ring (bicyclic) bond motifs is 1. The molecule has 1 fully saturated rings. The summed E-state index contributed by atoms with van der Waals surface area (Å²) in [5, 5.41) is 0. The second-order valence-electron chi connectivity index (χ2n) is 6.08. The average molecular weight is 273 g/mol. The lowest BCUT2D eigenvalue weighted by Gasteiger charge is -2.27. The van der Waals surface area contributed by atoms with Gasteiger partial charge in [-0.05, 0) is 49.3 Å². The number of hydrogen-bond donors (Lipinski definition) is 1. The van der Waals surface area contributed by atoms with E-state index in [1.54, 1.807) is 0 Å². The number of carbonyl (C=O) groups is 1. The number of para-hydroxylation sites is 1. The van der Waals surface area contributed by atoms with Gasteiger partial charge in [0.15, 0.2) is 0 Å². The molecule has 0 amide bonds. The van der Waals surface area contributed by atoms with E-state index < -0.39 is 0 Å². The highest BCUT2D eigenvalue weighted by Gasteiger charge is 2.34. The predicted octanol–water partition coefficient (Wildman–Crippen LogP) is 2.89. The number of rotatable bonds is 4. The third kappa shape index (κ3) is 2.59. The summed E-state index contributed by atoms with van der Waals surface area (Å²) in [4.78, 5) is 12.6. The molecule has 3 unspecified atom stereocenters. The third-order valence-electron chi connectivity index (χ3n) is 4.91. The highest BCUT2D eigenvalue weighted by Crippen LogP contribution is 2.39. The number of benzene rings is 1. The number of Topliss-reactive ketones (excluding diaryl/α,β-unsaturated/α-hetero) is 1. The van der Waals surface area contributed by atoms with Crippen molar-refractivity contribution >= 4 is 5.78 Å². The fourth-order valence-electron chi connectivity index (χ4n) is 3.76. The van der Waals surface area contributed by atoms with Crippen LogP contribution in [0.4, 0.5) is 0 Å². The molecule has 108 valence electrons. The molecule has 0 bridgehead atoms. The Kier molecular flexibility index (Phi) is 4.06. The molecule has 3 nitrogen and oxygen atoms in total. The summed E-state index contributed by atoms with van der Waals surface area (Å²) in [6.07, 6.45) is 4.91. The molecule has 1 aromatic rings. The summed E-state index contributed by atoms with van der Waals surface area (Å²) in [5.74, 6) is 2.32. The highest BCUT2D eigenvalue weighted by atomic mass is 16.5. The fraction of sp³-hybridized carbons (Fsp3) is 0.588. The Morgan fingerprint density at radius 3 is 2.95 bits per heavy atom. The molecule has 20 heavy (non-hydrogen) atoms. The van der Waals surface area contributed by atoms with Crippen molar-refractivity contribution in [1.29, 1.82) is 0 Å². The third-order valence-corrected chi connectivity index (χ3v) is 4.91. The quantitative estimate of drug-likeness (QED) is 0.917. The van der Waals surface area contributed by atoms with Crippen LogP contribution in [0.15, 0.2) is 24.3 Å². The predicted molar refractivity (Wildman–Crippen MR) is 78.8 cm³/mol. The maximum absolute atomic E-state index is 12.6. The lowest BCUT2D eigenvalue weighted by Crippen LogP contribution is -2.27. The first-order valence-electron chi connectivity index (χ1n) is 7.74. The van der Waals surface area contributed by atoms with E-state index in [1.165, 1.54) is 5.56 Å². The van der Waals surface area contributed by atoms with E-state index in [0.29, 0.717) is 30.6 Å². The van der Waals surface area contributed by atoms with Gasteiger partial charge in [0.05, 0.1) is 6.61 Å². The first-order chi connectivity index (χ1) is 9.79. The van der Waals surface area contributed by atoms with Crippen LogP contribution >= 0.6 is 0 Å². The molecule has 1 aliphatic carbocycles. The SMILES string of the molecule is NCC1CCCC1C(=O)CC1CCOc2ccccc21. The summed E-state index contributed by atoms with van der Waals surface area (Å²) in [7, 11) is 0. The Morgan fingerprint density at radius 1 is 1.25 bits per heavy atom. The molecular formula is C17H23NO2. The fourth-order valence-corrected chi connectivity index (χ4v) is 3.76. The summed E-state index contributed by atoms with van der Waals surface area (Å²) in [6.45, 7) is 1.38. The highest BCUT2D eigenvalue weighted by molar-refractivity contribution is 5.82. The molecule has 2 aliphatic rings. The van der Waals surface area contributed by atoms with Crippen LogP contribution in [0.1, 0.15) is 43.6 Å². The van der Waals surface area contributed by atoms with Crippen LogP contribution in [0.25, 0.3) is 0 Å². The minimum Gasteiger partial charge on any atom is -0.493 e. The van der Waals surface area contributed by atoms with Crippen LogP contribution < -0.4 is 10.5 Å². The van der Waals surface area contributed by atoms with E-state index in [1.807, 2.05) is 18.2 Å². The van der Waals surface area contributed by atoms with E-state index in [-0.39, 0.29) is 5.92 Å². The van der Waals surface area contributed by atoms with Gasteiger partial charge in [-0.3, -0.25) is 4.79 Å². The van der Waals surface area contributed by atoms with Crippen molar-refractivity contribution in [3.8, 4) is 5.75 Å². The van der Waals surface area contributed by atoms with Gasteiger partial charge in [-0.15, -0.1) is 0 Å². The summed E-state index contributed by atoms with van der Waals surface area (Å²) < 4.78 is 5.67. The number of ether oxygens (including phenoxy) is 1. The molecule has 3 heteroatoms. The molecule has 0 radical (unpaired) electrons. The zero-order chi connectivity index (χ0) is 13.9. The topological polar surface area (TPSA) is 52.3 Å². The molecule has 1 aromatic carbocycles. The molecule has 1 saturated carbocycles. The lowest BCUT2D eigenvalue weighted by molar-refractivity contribution is -0.124. The van der Waals surface area contributed by atoms with Crippen molar-refractivity contribution in [2.45, 2.75) is 38.0 Å². The average Bonchev–Trinajstić information content (AvgIpc) is 2.96. The Labute approximate surface area is 120 Å². The van der Waals surface area contributed by atoms with Crippen molar-refractivity contribution < 1.29 is 9.53 Å². The van der Waals surface area contributed by atoms with Gasteiger partial charge in [0.25, 0.3) is 0 Å². The van der Waals surface area contributed by atoms with Crippen LogP contribution in [0, 0.1) is 11.8 Å². The summed E-state index contributed by atoms with van der Waals surface area (Å²) >= 11 is 0. The van der Waals surface area contributed by atoms with Gasteiger partial charge >= 0.3 is 0 Å². The monoisotopic (exact) mass is 273 g/mol. The molecule has 0 saturated heterocycles. The Balaban J connectivity index is 1.71. The first-order valence-corrected chi connectivity index (χ1v) is 7.74. The van der Waals surface area contributed by atoms with Gasteiger partial charge in [0.1, 0.15) is 11.5 Å². The maximum atomic E-state index is 12.6. The van der Waals surface area contributed by atoms with Crippen LogP contribution in [-0.2, 0) is 4.79 Å². The van der Waals surface area contributed by atoms with Crippen molar-refractivity contribution in [2.24, 2.45) is 17.6 Å². The van der Waals surface area contributed by atoms with Gasteiger partial charge < -0.3 is 10.5 Å². The van der Waals surface area contributed by atoms with E-state index in [0.717, 1.165) is 38.0 Å². The van der Waals surface area contributed by atoms with Crippen LogP contribution in [0.3, 0.4) is 0 Å². The summed E-state index contributed by atoms with van der Waals surface area (Å²) in [5.41, 5.74) is 7.00. The standard InChI is InChI=1S/C17H23NO2/c18-11-13-4-3-6-14(13)16(19)10-12-8-9-20-17-7-2-1-5-15(12)17/h1-2,5,7,12-14H,3-4,6,8-11,18H2. The Bertz CT molecular complexity index is 486. The first kappa shape index (κ1) is 13.6. The molecule has 2 N–H and O–H groups in total. The van der Waals surface area contributed by atoms with Gasteiger partial charge in [-0.1, -0.05) is 24.6 Å². The molecule has 1 heterocycles. The largest absolute Gasteiger partial charge is 0.493 e. The molecular weight excluding hydrogens is 250 g/mol. The van der Waals surface area contributed by atoms with Crippen molar-refractivity contribution in [2.75, 3.05) is 13.2 Å². The lowest BCUT2D eigenvalue weighted by atomic mass is 9.82. The number of hydrogen-bond acceptors (Lipinski definition) is 3. The van der Waals surface area contributed by atoms with E-state index >= 15 is 0 Å². The molecule has 0 spiro atoms. The molecule has 3 atom stereocenters. The second-order valence-corrected chi connectivity index (χ2v) is 6.08. The van der Waals surface area contributed by atoms with Crippen molar-refractivity contribution in [3.63, 3.8) is 0 Å². The van der Waals surface area contributed by atoms with Gasteiger partial charge in [-0.2, -0.15) is 0 Å². The Hall–Kier alpha value is -1.35. The Morgan fingerprint density at radius 2 is 2.10 bits per heavy atom. The molecule has 3 rings (SSSR count). The minimum atomic E-state index is 0.204. The van der Waals surface area contributed by atoms with E-state index in [4.69, 9.17) is 10.5 Å². The van der Waals surface area contributed by atoms with Gasteiger partial charge in [0.2, 0.25) is 0 Å². The number of nitrogens with two attached hydrogens (primary N) is 1. The normalized spacial score (nSPS) is 28.8. The van der Waals surface area contributed by atoms with E-state index in [2.05, 4.69) is 6.07 Å². The van der Waals surface area contributed by atoms with Crippen molar-refractivity contribution in [3.05, 3.63) is 29.8 Å².